The summed E-state index contributed by atoms with van der Waals surface area (Å²) in [7, 11) is 1.84. The Morgan fingerprint density at radius 2 is 1.93 bits per heavy atom. The molecule has 1 N–H and O–H groups in total. The van der Waals surface area contributed by atoms with Crippen molar-refractivity contribution >= 4 is 5.96 Å². The summed E-state index contributed by atoms with van der Waals surface area (Å²) in [5, 5.41) is 7.60. The summed E-state index contributed by atoms with van der Waals surface area (Å²) in [6, 6.07) is 10.2. The highest BCUT2D eigenvalue weighted by molar-refractivity contribution is 5.80. The molecule has 0 unspecified atom stereocenters. The molecule has 2 aromatic rings. The molecule has 2 heterocycles. The number of aliphatic imine (C=N–C) groups is 1. The van der Waals surface area contributed by atoms with Crippen molar-refractivity contribution in [2.75, 3.05) is 33.2 Å². The summed E-state index contributed by atoms with van der Waals surface area (Å²) in [6.07, 6.45) is 0. The lowest BCUT2D eigenvalue weighted by atomic mass is 10.1. The average molecular weight is 400 g/mol. The van der Waals surface area contributed by atoms with Gasteiger partial charge < -0.3 is 19.5 Å². The number of guanidine groups is 1. The first-order valence-electron chi connectivity index (χ1n) is 10.2. The van der Waals surface area contributed by atoms with Gasteiger partial charge in [0, 0.05) is 57.9 Å². The summed E-state index contributed by atoms with van der Waals surface area (Å²) in [4.78, 5) is 9.19. The fraction of sp³-hybridized carbons (Fsp3) is 0.545. The molecular formula is C22H33N5O2. The highest BCUT2D eigenvalue weighted by Crippen LogP contribution is 2.23. The Hall–Kier alpha value is -2.54. The van der Waals surface area contributed by atoms with Crippen molar-refractivity contribution in [1.82, 2.24) is 20.3 Å². The van der Waals surface area contributed by atoms with E-state index in [2.05, 4.69) is 52.1 Å². The number of hydrogen-bond acceptors (Lipinski definition) is 5. The normalized spacial score (nSPS) is 16.2. The number of piperazine rings is 1. The fourth-order valence-corrected chi connectivity index (χ4v) is 3.43. The van der Waals surface area contributed by atoms with E-state index in [1.807, 2.05) is 38.2 Å². The van der Waals surface area contributed by atoms with Crippen molar-refractivity contribution in [3.63, 3.8) is 0 Å². The SMILES string of the molecule is CN=C(NCc1ccccc1OC(C)(C)C)N1CCN(Cc2cc(C)on2)CC1. The van der Waals surface area contributed by atoms with Crippen LogP contribution in [0, 0.1) is 6.92 Å². The maximum Gasteiger partial charge on any atom is 0.194 e. The number of nitrogens with one attached hydrogen (secondary N) is 1. The van der Waals surface area contributed by atoms with Crippen molar-refractivity contribution in [3.05, 3.63) is 47.3 Å². The number of aromatic nitrogens is 1. The van der Waals surface area contributed by atoms with Crippen LogP contribution in [0.3, 0.4) is 0 Å². The van der Waals surface area contributed by atoms with E-state index in [0.29, 0.717) is 6.54 Å². The van der Waals surface area contributed by atoms with Gasteiger partial charge in [-0.25, -0.2) is 0 Å². The van der Waals surface area contributed by atoms with Crippen molar-refractivity contribution in [1.29, 1.82) is 0 Å². The fourth-order valence-electron chi connectivity index (χ4n) is 3.43. The minimum atomic E-state index is -0.226. The van der Waals surface area contributed by atoms with Crippen LogP contribution in [0.25, 0.3) is 0 Å². The number of aryl methyl sites for hydroxylation is 1. The Morgan fingerprint density at radius 3 is 2.55 bits per heavy atom. The van der Waals surface area contributed by atoms with Gasteiger partial charge >= 0.3 is 0 Å². The van der Waals surface area contributed by atoms with Crippen LogP contribution in [-0.4, -0.2) is 59.7 Å². The molecule has 29 heavy (non-hydrogen) atoms. The third kappa shape index (κ3) is 6.22. The van der Waals surface area contributed by atoms with Crippen LogP contribution >= 0.6 is 0 Å². The predicted octanol–water partition coefficient (Wildman–Crippen LogP) is 3.05. The highest BCUT2D eigenvalue weighted by atomic mass is 16.5. The van der Waals surface area contributed by atoms with Gasteiger partial charge in [-0.05, 0) is 33.8 Å². The number of hydrogen-bond donors (Lipinski definition) is 1. The average Bonchev–Trinajstić information content (AvgIpc) is 3.08. The van der Waals surface area contributed by atoms with Crippen LogP contribution in [0.1, 0.15) is 37.8 Å². The molecule has 1 aliphatic heterocycles. The topological polar surface area (TPSA) is 66.1 Å². The summed E-state index contributed by atoms with van der Waals surface area (Å²) in [6.45, 7) is 13.4. The standard InChI is InChI=1S/C22H33N5O2/c1-17-14-19(25-29-17)16-26-10-12-27(13-11-26)21(23-5)24-15-18-8-6-7-9-20(18)28-22(2,3)4/h6-9,14H,10-13,15-16H2,1-5H3,(H,23,24). The minimum absolute atomic E-state index is 0.226. The van der Waals surface area contributed by atoms with Crippen LogP contribution < -0.4 is 10.1 Å². The second-order valence-electron chi connectivity index (χ2n) is 8.42. The Labute approximate surface area is 173 Å². The number of nitrogens with zero attached hydrogens (tertiary/aromatic N) is 4. The summed E-state index contributed by atoms with van der Waals surface area (Å²) in [5.74, 6) is 2.70. The predicted molar refractivity (Wildman–Crippen MR) is 115 cm³/mol. The van der Waals surface area contributed by atoms with Gasteiger partial charge in [-0.2, -0.15) is 0 Å². The zero-order valence-electron chi connectivity index (χ0n) is 18.2. The van der Waals surface area contributed by atoms with Crippen LogP contribution in [-0.2, 0) is 13.1 Å². The van der Waals surface area contributed by atoms with E-state index in [0.717, 1.165) is 61.5 Å². The molecular weight excluding hydrogens is 366 g/mol. The smallest absolute Gasteiger partial charge is 0.194 e. The van der Waals surface area contributed by atoms with E-state index in [1.54, 1.807) is 0 Å². The van der Waals surface area contributed by atoms with E-state index >= 15 is 0 Å². The summed E-state index contributed by atoms with van der Waals surface area (Å²) >= 11 is 0. The first-order valence-corrected chi connectivity index (χ1v) is 10.2. The monoisotopic (exact) mass is 399 g/mol. The molecule has 7 heteroatoms. The lowest BCUT2D eigenvalue weighted by molar-refractivity contribution is 0.129. The van der Waals surface area contributed by atoms with E-state index in [1.165, 1.54) is 0 Å². The molecule has 1 aromatic heterocycles. The number of para-hydroxylation sites is 1. The van der Waals surface area contributed by atoms with Gasteiger partial charge in [0.2, 0.25) is 0 Å². The largest absolute Gasteiger partial charge is 0.488 e. The van der Waals surface area contributed by atoms with Gasteiger partial charge in [0.25, 0.3) is 0 Å². The van der Waals surface area contributed by atoms with Gasteiger partial charge in [-0.15, -0.1) is 0 Å². The maximum absolute atomic E-state index is 6.10. The van der Waals surface area contributed by atoms with Crippen LogP contribution in [0.15, 0.2) is 39.8 Å². The van der Waals surface area contributed by atoms with Gasteiger partial charge in [-0.3, -0.25) is 9.89 Å². The molecule has 0 aliphatic carbocycles. The third-order valence-corrected chi connectivity index (χ3v) is 4.77. The number of ether oxygens (including phenoxy) is 1. The molecule has 0 atom stereocenters. The number of rotatable bonds is 5. The Kier molecular flexibility index (Phi) is 6.79. The van der Waals surface area contributed by atoms with Gasteiger partial charge in [0.05, 0.1) is 5.69 Å². The molecule has 1 aliphatic rings. The van der Waals surface area contributed by atoms with Crippen molar-refractivity contribution in [2.24, 2.45) is 4.99 Å². The second kappa shape index (κ2) is 9.31. The van der Waals surface area contributed by atoms with Crippen molar-refractivity contribution in [2.45, 2.75) is 46.4 Å². The zero-order chi connectivity index (χ0) is 20.9. The van der Waals surface area contributed by atoms with Gasteiger partial charge in [-0.1, -0.05) is 23.4 Å². The molecule has 158 valence electrons. The van der Waals surface area contributed by atoms with Crippen molar-refractivity contribution < 1.29 is 9.26 Å². The van der Waals surface area contributed by atoms with Crippen LogP contribution in [0.4, 0.5) is 0 Å². The molecule has 0 spiro atoms. The van der Waals surface area contributed by atoms with E-state index < -0.39 is 0 Å². The molecule has 1 fully saturated rings. The number of benzene rings is 1. The van der Waals surface area contributed by atoms with E-state index in [4.69, 9.17) is 9.26 Å². The Morgan fingerprint density at radius 1 is 1.21 bits per heavy atom. The molecule has 0 bridgehead atoms. The minimum Gasteiger partial charge on any atom is -0.488 e. The first-order chi connectivity index (χ1) is 13.8. The van der Waals surface area contributed by atoms with Gasteiger partial charge in [0.1, 0.15) is 17.1 Å². The van der Waals surface area contributed by atoms with E-state index in [-0.39, 0.29) is 5.60 Å². The molecule has 0 radical (unpaired) electrons. The molecule has 1 saturated heterocycles. The molecule has 0 saturated carbocycles. The second-order valence-corrected chi connectivity index (χ2v) is 8.42. The first kappa shape index (κ1) is 21.2. The molecule has 7 nitrogen and oxygen atoms in total. The van der Waals surface area contributed by atoms with Crippen LogP contribution in [0.5, 0.6) is 5.75 Å². The molecule has 1 aromatic carbocycles. The maximum atomic E-state index is 6.10. The Bertz CT molecular complexity index is 817. The summed E-state index contributed by atoms with van der Waals surface area (Å²) in [5.41, 5.74) is 1.90. The van der Waals surface area contributed by atoms with E-state index in [9.17, 15) is 0 Å². The van der Waals surface area contributed by atoms with Crippen molar-refractivity contribution in [3.8, 4) is 5.75 Å². The quantitative estimate of drug-likeness (QED) is 0.616. The summed E-state index contributed by atoms with van der Waals surface area (Å²) < 4.78 is 11.3. The lowest BCUT2D eigenvalue weighted by Gasteiger charge is -2.36. The Balaban J connectivity index is 1.53. The molecule has 0 amide bonds. The highest BCUT2D eigenvalue weighted by Gasteiger charge is 2.21. The lowest BCUT2D eigenvalue weighted by Crippen LogP contribution is -2.52. The van der Waals surface area contributed by atoms with Gasteiger partial charge in [0.15, 0.2) is 5.96 Å². The third-order valence-electron chi connectivity index (χ3n) is 4.77. The van der Waals surface area contributed by atoms with Crippen LogP contribution in [0.2, 0.25) is 0 Å². The zero-order valence-corrected chi connectivity index (χ0v) is 18.2. The molecule has 3 rings (SSSR count).